The Balaban J connectivity index is 2.13. The van der Waals surface area contributed by atoms with E-state index in [9.17, 15) is 13.2 Å². The Morgan fingerprint density at radius 2 is 2.05 bits per heavy atom. The zero-order chi connectivity index (χ0) is 14.9. The first-order valence-electron chi connectivity index (χ1n) is 5.87. The molecule has 0 aliphatic carbocycles. The molecule has 20 heavy (non-hydrogen) atoms. The fourth-order valence-corrected chi connectivity index (χ4v) is 2.37. The van der Waals surface area contributed by atoms with Gasteiger partial charge in [0.1, 0.15) is 0 Å². The van der Waals surface area contributed by atoms with Crippen molar-refractivity contribution in [2.45, 2.75) is 19.6 Å². The number of nitrogens with zero attached hydrogens (tertiary/aromatic N) is 2. The maximum Gasteiger partial charge on any atom is 0.416 e. The predicted octanol–water partition coefficient (Wildman–Crippen LogP) is 4.12. The van der Waals surface area contributed by atoms with E-state index in [-0.39, 0.29) is 0 Å². The summed E-state index contributed by atoms with van der Waals surface area (Å²) in [6.45, 7) is 2.39. The summed E-state index contributed by atoms with van der Waals surface area (Å²) in [5.74, 6) is 0. The van der Waals surface area contributed by atoms with Crippen molar-refractivity contribution in [1.29, 1.82) is 0 Å². The quantitative estimate of drug-likeness (QED) is 0.904. The Morgan fingerprint density at radius 1 is 1.35 bits per heavy atom. The van der Waals surface area contributed by atoms with Gasteiger partial charge in [0.15, 0.2) is 0 Å². The minimum atomic E-state index is -4.33. The Kier molecular flexibility index (Phi) is 4.08. The zero-order valence-electron chi connectivity index (χ0n) is 10.9. The van der Waals surface area contributed by atoms with Crippen molar-refractivity contribution in [2.24, 2.45) is 7.05 Å². The van der Waals surface area contributed by atoms with Crippen molar-refractivity contribution < 1.29 is 13.2 Å². The van der Waals surface area contributed by atoms with E-state index in [1.165, 1.54) is 6.07 Å². The lowest BCUT2D eigenvalue weighted by atomic mass is 10.2. The van der Waals surface area contributed by atoms with Gasteiger partial charge in [0.2, 0.25) is 0 Å². The van der Waals surface area contributed by atoms with Crippen molar-refractivity contribution in [1.82, 2.24) is 9.78 Å². The van der Waals surface area contributed by atoms with Crippen LogP contribution in [0.1, 0.15) is 16.8 Å². The number of benzene rings is 1. The van der Waals surface area contributed by atoms with Crippen LogP contribution in [0, 0.1) is 6.92 Å². The zero-order valence-corrected chi connectivity index (χ0v) is 12.5. The van der Waals surface area contributed by atoms with E-state index < -0.39 is 11.7 Å². The lowest BCUT2D eigenvalue weighted by molar-refractivity contribution is -0.137. The van der Waals surface area contributed by atoms with Crippen LogP contribution in [0.3, 0.4) is 0 Å². The van der Waals surface area contributed by atoms with Crippen LogP contribution in [-0.2, 0) is 19.8 Å². The van der Waals surface area contributed by atoms with Crippen molar-refractivity contribution >= 4 is 21.6 Å². The molecular weight excluding hydrogens is 335 g/mol. The number of aromatic nitrogens is 2. The SMILES string of the molecule is Cc1nn(C)cc1CNc1ccc(C(F)(F)F)cc1Br. The van der Waals surface area contributed by atoms with Gasteiger partial charge in [-0.25, -0.2) is 0 Å². The van der Waals surface area contributed by atoms with E-state index >= 15 is 0 Å². The molecule has 0 atom stereocenters. The summed E-state index contributed by atoms with van der Waals surface area (Å²) in [6.07, 6.45) is -2.46. The van der Waals surface area contributed by atoms with Gasteiger partial charge in [-0.15, -0.1) is 0 Å². The first kappa shape index (κ1) is 14.9. The highest BCUT2D eigenvalue weighted by molar-refractivity contribution is 9.10. The number of hydrogen-bond acceptors (Lipinski definition) is 2. The molecule has 1 heterocycles. The molecule has 3 nitrogen and oxygen atoms in total. The molecule has 0 radical (unpaired) electrons. The summed E-state index contributed by atoms with van der Waals surface area (Å²) in [4.78, 5) is 0. The second-order valence-electron chi connectivity index (χ2n) is 4.46. The largest absolute Gasteiger partial charge is 0.416 e. The Morgan fingerprint density at radius 3 is 2.55 bits per heavy atom. The van der Waals surface area contributed by atoms with Gasteiger partial charge in [-0.2, -0.15) is 18.3 Å². The molecule has 0 bridgehead atoms. The minimum Gasteiger partial charge on any atom is -0.380 e. The summed E-state index contributed by atoms with van der Waals surface area (Å²) in [6, 6.07) is 3.54. The fraction of sp³-hybridized carbons (Fsp3) is 0.308. The number of anilines is 1. The van der Waals surface area contributed by atoms with Crippen LogP contribution in [0.4, 0.5) is 18.9 Å². The summed E-state index contributed by atoms with van der Waals surface area (Å²) in [7, 11) is 1.82. The third-order valence-corrected chi connectivity index (χ3v) is 3.54. The number of rotatable bonds is 3. The highest BCUT2D eigenvalue weighted by Crippen LogP contribution is 2.34. The van der Waals surface area contributed by atoms with E-state index in [0.29, 0.717) is 16.7 Å². The van der Waals surface area contributed by atoms with Crippen molar-refractivity contribution in [2.75, 3.05) is 5.32 Å². The van der Waals surface area contributed by atoms with E-state index in [1.807, 2.05) is 20.2 Å². The van der Waals surface area contributed by atoms with Crippen LogP contribution in [-0.4, -0.2) is 9.78 Å². The predicted molar refractivity (Wildman–Crippen MR) is 74.4 cm³/mol. The summed E-state index contributed by atoms with van der Waals surface area (Å²) >= 11 is 3.15. The second-order valence-corrected chi connectivity index (χ2v) is 5.31. The van der Waals surface area contributed by atoms with Crippen LogP contribution in [0.25, 0.3) is 0 Å². The van der Waals surface area contributed by atoms with E-state index in [4.69, 9.17) is 0 Å². The van der Waals surface area contributed by atoms with Crippen LogP contribution < -0.4 is 5.32 Å². The Labute approximate surface area is 122 Å². The summed E-state index contributed by atoms with van der Waals surface area (Å²) in [5, 5.41) is 7.30. The Bertz CT molecular complexity index is 620. The third-order valence-electron chi connectivity index (χ3n) is 2.88. The molecule has 108 valence electrons. The standard InChI is InChI=1S/C13H13BrF3N3/c1-8-9(7-20(2)19-8)6-18-12-4-3-10(5-11(12)14)13(15,16)17/h3-5,7,18H,6H2,1-2H3. The molecule has 7 heteroatoms. The normalized spacial score (nSPS) is 11.7. The first-order chi connectivity index (χ1) is 9.27. The summed E-state index contributed by atoms with van der Waals surface area (Å²) in [5.41, 5.74) is 1.83. The van der Waals surface area contributed by atoms with Gasteiger partial charge in [0.25, 0.3) is 0 Å². The van der Waals surface area contributed by atoms with Gasteiger partial charge in [-0.3, -0.25) is 4.68 Å². The van der Waals surface area contributed by atoms with Gasteiger partial charge in [0, 0.05) is 35.5 Å². The molecule has 0 saturated carbocycles. The van der Waals surface area contributed by atoms with Crippen molar-refractivity contribution in [3.63, 3.8) is 0 Å². The van der Waals surface area contributed by atoms with Gasteiger partial charge < -0.3 is 5.32 Å². The summed E-state index contributed by atoms with van der Waals surface area (Å²) < 4.78 is 39.7. The highest BCUT2D eigenvalue weighted by Gasteiger charge is 2.30. The maximum atomic E-state index is 12.6. The van der Waals surface area contributed by atoms with Gasteiger partial charge in [-0.1, -0.05) is 0 Å². The third kappa shape index (κ3) is 3.33. The molecule has 0 aliphatic heterocycles. The average Bonchev–Trinajstić information content (AvgIpc) is 2.65. The molecule has 0 saturated heterocycles. The lowest BCUT2D eigenvalue weighted by Gasteiger charge is -2.11. The minimum absolute atomic E-state index is 0.383. The Hall–Kier alpha value is -1.50. The number of hydrogen-bond donors (Lipinski definition) is 1. The molecule has 1 aromatic carbocycles. The first-order valence-corrected chi connectivity index (χ1v) is 6.66. The van der Waals surface area contributed by atoms with Crippen LogP contribution in [0.2, 0.25) is 0 Å². The molecule has 1 N–H and O–H groups in total. The van der Waals surface area contributed by atoms with Crippen LogP contribution in [0.15, 0.2) is 28.9 Å². The molecule has 0 aliphatic rings. The van der Waals surface area contributed by atoms with E-state index in [2.05, 4.69) is 26.3 Å². The van der Waals surface area contributed by atoms with Crippen molar-refractivity contribution in [3.05, 3.63) is 45.7 Å². The smallest absolute Gasteiger partial charge is 0.380 e. The van der Waals surface area contributed by atoms with Gasteiger partial charge in [-0.05, 0) is 41.1 Å². The van der Waals surface area contributed by atoms with Crippen LogP contribution >= 0.6 is 15.9 Å². The average molecular weight is 348 g/mol. The van der Waals surface area contributed by atoms with Crippen molar-refractivity contribution in [3.8, 4) is 0 Å². The molecule has 0 fully saturated rings. The monoisotopic (exact) mass is 347 g/mol. The maximum absolute atomic E-state index is 12.6. The van der Waals surface area contributed by atoms with E-state index in [0.717, 1.165) is 23.4 Å². The molecule has 2 rings (SSSR count). The van der Waals surface area contributed by atoms with Gasteiger partial charge in [0.05, 0.1) is 11.3 Å². The molecule has 0 amide bonds. The topological polar surface area (TPSA) is 29.9 Å². The molecule has 0 spiro atoms. The second kappa shape index (κ2) is 5.47. The molecule has 0 unspecified atom stereocenters. The number of alkyl halides is 3. The number of halogens is 4. The fourth-order valence-electron chi connectivity index (χ4n) is 1.85. The van der Waals surface area contributed by atoms with Crippen LogP contribution in [0.5, 0.6) is 0 Å². The molecule has 1 aromatic heterocycles. The lowest BCUT2D eigenvalue weighted by Crippen LogP contribution is -2.06. The number of aryl methyl sites for hydroxylation is 2. The number of nitrogens with one attached hydrogen (secondary N) is 1. The highest BCUT2D eigenvalue weighted by atomic mass is 79.9. The molecule has 2 aromatic rings. The molecular formula is C13H13BrF3N3. The van der Waals surface area contributed by atoms with Gasteiger partial charge >= 0.3 is 6.18 Å². The van der Waals surface area contributed by atoms with E-state index in [1.54, 1.807) is 4.68 Å².